The highest BCUT2D eigenvalue weighted by Gasteiger charge is 2.09. The molecule has 0 bridgehead atoms. The monoisotopic (exact) mass is 262 g/mol. The molecule has 0 atom stereocenters. The number of thiazole rings is 1. The molecule has 0 fully saturated rings. The Bertz CT molecular complexity index is 632. The van der Waals surface area contributed by atoms with E-state index in [2.05, 4.69) is 15.1 Å². The lowest BCUT2D eigenvalue weighted by molar-refractivity contribution is 0.876. The second-order valence-electron chi connectivity index (χ2n) is 3.31. The van der Waals surface area contributed by atoms with E-state index in [0.717, 1.165) is 16.4 Å². The molecule has 0 aliphatic rings. The number of hydrogen-bond acceptors (Lipinski definition) is 4. The van der Waals surface area contributed by atoms with Gasteiger partial charge in [-0.15, -0.1) is 11.3 Å². The number of aromatic nitrogens is 4. The van der Waals surface area contributed by atoms with Gasteiger partial charge in [-0.25, -0.2) is 14.6 Å². The summed E-state index contributed by atoms with van der Waals surface area (Å²) in [6.07, 6.45) is 5.17. The smallest absolute Gasteiger partial charge is 0.210 e. The van der Waals surface area contributed by atoms with Crippen LogP contribution in [0, 0.1) is 0 Å². The first kappa shape index (κ1) is 10.4. The van der Waals surface area contributed by atoms with E-state index in [0.29, 0.717) is 5.15 Å². The molecule has 0 spiro atoms. The molecule has 3 aromatic rings. The van der Waals surface area contributed by atoms with Gasteiger partial charge in [0.2, 0.25) is 5.13 Å². The molecule has 17 heavy (non-hydrogen) atoms. The number of pyridine rings is 1. The molecule has 0 N–H and O–H groups in total. The van der Waals surface area contributed by atoms with Crippen LogP contribution in [0.5, 0.6) is 0 Å². The van der Waals surface area contributed by atoms with Crippen molar-refractivity contribution in [2.24, 2.45) is 0 Å². The van der Waals surface area contributed by atoms with Crippen molar-refractivity contribution >= 4 is 22.9 Å². The molecule has 0 saturated heterocycles. The molecule has 6 heteroatoms. The van der Waals surface area contributed by atoms with E-state index >= 15 is 0 Å². The van der Waals surface area contributed by atoms with Crippen LogP contribution in [0.4, 0.5) is 0 Å². The van der Waals surface area contributed by atoms with Crippen LogP contribution in [0.1, 0.15) is 0 Å². The van der Waals surface area contributed by atoms with Crippen LogP contribution in [0.2, 0.25) is 5.15 Å². The summed E-state index contributed by atoms with van der Waals surface area (Å²) >= 11 is 7.42. The van der Waals surface area contributed by atoms with E-state index < -0.39 is 0 Å². The van der Waals surface area contributed by atoms with E-state index in [1.807, 2.05) is 23.6 Å². The van der Waals surface area contributed by atoms with Crippen molar-refractivity contribution in [3.8, 4) is 16.4 Å². The molecule has 3 heterocycles. The summed E-state index contributed by atoms with van der Waals surface area (Å²) in [6.45, 7) is 0. The molecule has 0 aliphatic heterocycles. The minimum atomic E-state index is 0.467. The van der Waals surface area contributed by atoms with E-state index in [9.17, 15) is 0 Å². The Balaban J connectivity index is 2.14. The fourth-order valence-electron chi connectivity index (χ4n) is 1.56. The predicted octanol–water partition coefficient (Wildman–Crippen LogP) is 3.04. The minimum Gasteiger partial charge on any atom is -0.245 e. The number of rotatable bonds is 2. The summed E-state index contributed by atoms with van der Waals surface area (Å²) in [5.74, 6) is 0. The topological polar surface area (TPSA) is 43.6 Å². The summed E-state index contributed by atoms with van der Waals surface area (Å²) < 4.78 is 1.79. The second-order valence-corrected chi connectivity index (χ2v) is 4.57. The summed E-state index contributed by atoms with van der Waals surface area (Å²) in [5.41, 5.74) is 1.92. The van der Waals surface area contributed by atoms with Crippen LogP contribution in [0.15, 0.2) is 42.2 Å². The van der Waals surface area contributed by atoms with Gasteiger partial charge in [-0.05, 0) is 18.2 Å². The first-order valence-corrected chi connectivity index (χ1v) is 6.16. The predicted molar refractivity (Wildman–Crippen MR) is 67.5 cm³/mol. The van der Waals surface area contributed by atoms with Gasteiger partial charge in [-0.1, -0.05) is 11.6 Å². The van der Waals surface area contributed by atoms with Crippen molar-refractivity contribution in [3.63, 3.8) is 0 Å². The van der Waals surface area contributed by atoms with Crippen LogP contribution in [0.3, 0.4) is 0 Å². The SMILES string of the molecule is Clc1cc(-c2ccnn2-c2nccs2)ccn1. The highest BCUT2D eigenvalue weighted by Crippen LogP contribution is 2.24. The molecule has 0 aromatic carbocycles. The van der Waals surface area contributed by atoms with Crippen LogP contribution >= 0.6 is 22.9 Å². The molecule has 0 saturated carbocycles. The van der Waals surface area contributed by atoms with Gasteiger partial charge >= 0.3 is 0 Å². The van der Waals surface area contributed by atoms with Crippen LogP contribution in [0.25, 0.3) is 16.4 Å². The summed E-state index contributed by atoms with van der Waals surface area (Å²) in [6, 6.07) is 5.63. The number of halogens is 1. The van der Waals surface area contributed by atoms with Gasteiger partial charge in [-0.2, -0.15) is 5.10 Å². The first-order valence-electron chi connectivity index (χ1n) is 4.90. The molecular weight excluding hydrogens is 256 g/mol. The van der Waals surface area contributed by atoms with Gasteiger partial charge in [0.1, 0.15) is 5.15 Å². The van der Waals surface area contributed by atoms with Gasteiger partial charge < -0.3 is 0 Å². The van der Waals surface area contributed by atoms with Crippen molar-refractivity contribution in [2.45, 2.75) is 0 Å². The molecule has 0 aliphatic carbocycles. The van der Waals surface area contributed by atoms with E-state index in [4.69, 9.17) is 11.6 Å². The first-order chi connectivity index (χ1) is 8.34. The lowest BCUT2D eigenvalue weighted by atomic mass is 10.2. The maximum absolute atomic E-state index is 5.89. The maximum atomic E-state index is 5.89. The van der Waals surface area contributed by atoms with Crippen molar-refractivity contribution in [1.29, 1.82) is 0 Å². The average Bonchev–Trinajstić information content (AvgIpc) is 3.00. The third-order valence-electron chi connectivity index (χ3n) is 2.27. The molecule has 4 nitrogen and oxygen atoms in total. The summed E-state index contributed by atoms with van der Waals surface area (Å²) in [5, 5.41) is 7.48. The van der Waals surface area contributed by atoms with Crippen LogP contribution in [-0.2, 0) is 0 Å². The molecule has 3 aromatic heterocycles. The highest BCUT2D eigenvalue weighted by atomic mass is 35.5. The van der Waals surface area contributed by atoms with E-state index in [-0.39, 0.29) is 0 Å². The number of hydrogen-bond donors (Lipinski definition) is 0. The van der Waals surface area contributed by atoms with Gasteiger partial charge in [0.15, 0.2) is 0 Å². The third kappa shape index (κ3) is 1.94. The third-order valence-corrected chi connectivity index (χ3v) is 3.22. The van der Waals surface area contributed by atoms with Crippen molar-refractivity contribution in [1.82, 2.24) is 19.7 Å². The average molecular weight is 263 g/mol. The van der Waals surface area contributed by atoms with Gasteiger partial charge in [0.05, 0.1) is 11.9 Å². The Morgan fingerprint density at radius 3 is 2.82 bits per heavy atom. The molecule has 0 amide bonds. The van der Waals surface area contributed by atoms with Crippen molar-refractivity contribution in [2.75, 3.05) is 0 Å². The quantitative estimate of drug-likeness (QED) is 0.667. The lowest BCUT2D eigenvalue weighted by Gasteiger charge is -2.03. The highest BCUT2D eigenvalue weighted by molar-refractivity contribution is 7.12. The Kier molecular flexibility index (Phi) is 2.62. The standard InChI is InChI=1S/C11H7ClN4S/c12-10-7-8(1-3-13-10)9-2-4-15-16(9)11-14-5-6-17-11/h1-7H. The molecule has 84 valence electrons. The Morgan fingerprint density at radius 1 is 1.12 bits per heavy atom. The summed E-state index contributed by atoms with van der Waals surface area (Å²) in [7, 11) is 0. The fraction of sp³-hybridized carbons (Fsp3) is 0. The lowest BCUT2D eigenvalue weighted by Crippen LogP contribution is -1.97. The van der Waals surface area contributed by atoms with Crippen LogP contribution < -0.4 is 0 Å². The maximum Gasteiger partial charge on any atom is 0.210 e. The van der Waals surface area contributed by atoms with Crippen molar-refractivity contribution < 1.29 is 0 Å². The van der Waals surface area contributed by atoms with E-state index in [1.54, 1.807) is 23.3 Å². The Labute approximate surface area is 107 Å². The fourth-order valence-corrected chi connectivity index (χ4v) is 2.34. The van der Waals surface area contributed by atoms with Crippen molar-refractivity contribution in [3.05, 3.63) is 47.3 Å². The zero-order chi connectivity index (χ0) is 11.7. The zero-order valence-corrected chi connectivity index (χ0v) is 10.2. The molecule has 0 radical (unpaired) electrons. The normalized spacial score (nSPS) is 10.6. The molecule has 3 rings (SSSR count). The zero-order valence-electron chi connectivity index (χ0n) is 8.62. The van der Waals surface area contributed by atoms with Crippen LogP contribution in [-0.4, -0.2) is 19.7 Å². The second kappa shape index (κ2) is 4.27. The molecule has 0 unspecified atom stereocenters. The van der Waals surface area contributed by atoms with E-state index in [1.165, 1.54) is 11.3 Å². The minimum absolute atomic E-state index is 0.467. The largest absolute Gasteiger partial charge is 0.245 e. The Morgan fingerprint density at radius 2 is 2.06 bits per heavy atom. The summed E-state index contributed by atoms with van der Waals surface area (Å²) in [4.78, 5) is 8.20. The Hall–Kier alpha value is -1.72. The molecular formula is C11H7ClN4S. The number of nitrogens with zero attached hydrogens (tertiary/aromatic N) is 4. The van der Waals surface area contributed by atoms with Gasteiger partial charge in [0, 0.05) is 23.3 Å². The van der Waals surface area contributed by atoms with Gasteiger partial charge in [0.25, 0.3) is 0 Å². The van der Waals surface area contributed by atoms with Gasteiger partial charge in [-0.3, -0.25) is 0 Å².